The normalized spacial score (nSPS) is 30.3. The zero-order valence-corrected chi connectivity index (χ0v) is 13.7. The molecule has 0 amide bonds. The molecule has 1 aliphatic heterocycles. The van der Waals surface area contributed by atoms with Crippen molar-refractivity contribution in [3.63, 3.8) is 0 Å². The van der Waals surface area contributed by atoms with E-state index < -0.39 is 35.8 Å². The van der Waals surface area contributed by atoms with Crippen LogP contribution in [0.1, 0.15) is 13.8 Å². The first-order valence-electron chi connectivity index (χ1n) is 7.06. The number of aliphatic carboxylic acids is 1. The molecule has 12 heteroatoms. The number of nitrogen functional groups attached to an aromatic ring is 1. The highest BCUT2D eigenvalue weighted by Crippen LogP contribution is 2.32. The number of aliphatic hydroxyl groups is 3. The Morgan fingerprint density at radius 1 is 1.21 bits per heavy atom. The number of carbonyl (C=O) groups is 1. The molecule has 2 heterocycles. The third kappa shape index (κ3) is 4.21. The van der Waals surface area contributed by atoms with Crippen LogP contribution >= 0.6 is 11.8 Å². The summed E-state index contributed by atoms with van der Waals surface area (Å²) in [4.78, 5) is 22.9. The van der Waals surface area contributed by atoms with Gasteiger partial charge >= 0.3 is 5.97 Å². The van der Waals surface area contributed by atoms with E-state index in [-0.39, 0.29) is 23.1 Å². The number of rotatable bonds is 5. The summed E-state index contributed by atoms with van der Waals surface area (Å²) in [5.41, 5.74) is 4.39. The molecule has 7 N–H and O–H groups in total. The van der Waals surface area contributed by atoms with Crippen LogP contribution in [-0.2, 0) is 9.53 Å². The molecule has 1 aliphatic rings. The molecule has 0 radical (unpaired) electrons. The molecule has 0 spiro atoms. The van der Waals surface area contributed by atoms with Crippen LogP contribution < -0.4 is 11.1 Å². The van der Waals surface area contributed by atoms with Crippen LogP contribution in [0.3, 0.4) is 0 Å². The van der Waals surface area contributed by atoms with Gasteiger partial charge in [0.05, 0.1) is 0 Å². The summed E-state index contributed by atoms with van der Waals surface area (Å²) in [6, 6.07) is 0.0366. The van der Waals surface area contributed by atoms with E-state index in [4.69, 9.17) is 15.6 Å². The van der Waals surface area contributed by atoms with Gasteiger partial charge in [0.1, 0.15) is 23.7 Å². The van der Waals surface area contributed by atoms with Crippen molar-refractivity contribution in [3.8, 4) is 0 Å². The number of ether oxygens (including phenoxy) is 1. The lowest BCUT2D eigenvalue weighted by atomic mass is 10.0. The van der Waals surface area contributed by atoms with E-state index in [1.54, 1.807) is 0 Å². The molecular weight excluding hydrogens is 342 g/mol. The fourth-order valence-corrected chi connectivity index (χ4v) is 2.97. The number of anilines is 2. The minimum absolute atomic E-state index is 0.0366. The zero-order chi connectivity index (χ0) is 18.0. The van der Waals surface area contributed by atoms with Gasteiger partial charge in [0, 0.05) is 6.04 Å². The van der Waals surface area contributed by atoms with Gasteiger partial charge in [0.2, 0.25) is 11.9 Å². The maximum Gasteiger partial charge on any atom is 0.335 e. The number of nitrogens with two attached hydrogens (primary N) is 1. The molecule has 0 unspecified atom stereocenters. The van der Waals surface area contributed by atoms with Gasteiger partial charge in [-0.1, -0.05) is 11.8 Å². The maximum absolute atomic E-state index is 11.1. The standard InChI is InChI=1S/C12H19N5O6S/c1-3(2)14-11-15-10(13)16-12(17-11)24-9-6(20)4(18)5(19)7(23-9)8(21)22/h3-7,9,18-20H,1-2H3,(H,21,22)(H3,13,14,15,16,17)/t4-,5-,6+,7-,9-/m0/s1. The monoisotopic (exact) mass is 361 g/mol. The highest BCUT2D eigenvalue weighted by atomic mass is 32.2. The third-order valence-electron chi connectivity index (χ3n) is 3.08. The molecule has 0 aliphatic carbocycles. The average molecular weight is 361 g/mol. The second-order valence-corrected chi connectivity index (χ2v) is 6.52. The van der Waals surface area contributed by atoms with Crippen molar-refractivity contribution in [2.24, 2.45) is 0 Å². The van der Waals surface area contributed by atoms with Crippen molar-refractivity contribution < 1.29 is 30.0 Å². The van der Waals surface area contributed by atoms with E-state index in [0.717, 1.165) is 11.8 Å². The van der Waals surface area contributed by atoms with E-state index >= 15 is 0 Å². The van der Waals surface area contributed by atoms with E-state index in [1.165, 1.54) is 0 Å². The van der Waals surface area contributed by atoms with E-state index in [9.17, 15) is 20.1 Å². The molecule has 24 heavy (non-hydrogen) atoms. The lowest BCUT2D eigenvalue weighted by Gasteiger charge is -2.38. The van der Waals surface area contributed by atoms with Gasteiger partial charge in [-0.3, -0.25) is 0 Å². The Bertz CT molecular complexity index is 605. The number of aliphatic hydroxyl groups excluding tert-OH is 3. The predicted octanol–water partition coefficient (Wildman–Crippen LogP) is -1.74. The molecule has 2 rings (SSSR count). The number of nitrogens with zero attached hydrogens (tertiary/aromatic N) is 3. The van der Waals surface area contributed by atoms with Crippen LogP contribution in [0.5, 0.6) is 0 Å². The minimum Gasteiger partial charge on any atom is -0.479 e. The molecule has 0 saturated carbocycles. The summed E-state index contributed by atoms with van der Waals surface area (Å²) in [5.74, 6) is -1.33. The summed E-state index contributed by atoms with van der Waals surface area (Å²) in [6.45, 7) is 3.74. The Labute approximate surface area is 141 Å². The Balaban J connectivity index is 2.19. The smallest absolute Gasteiger partial charge is 0.335 e. The Hall–Kier alpha value is -1.73. The minimum atomic E-state index is -1.75. The van der Waals surface area contributed by atoms with Crippen molar-refractivity contribution in [1.82, 2.24) is 15.0 Å². The molecule has 1 saturated heterocycles. The summed E-state index contributed by atoms with van der Waals surface area (Å²) in [6.07, 6.45) is -6.67. The zero-order valence-electron chi connectivity index (χ0n) is 12.9. The van der Waals surface area contributed by atoms with Crippen molar-refractivity contribution in [3.05, 3.63) is 0 Å². The average Bonchev–Trinajstić information content (AvgIpc) is 2.46. The second kappa shape index (κ2) is 7.44. The number of carboxylic acids is 1. The maximum atomic E-state index is 11.1. The van der Waals surface area contributed by atoms with Gasteiger partial charge in [0.15, 0.2) is 11.3 Å². The van der Waals surface area contributed by atoms with Crippen LogP contribution in [0.2, 0.25) is 0 Å². The first kappa shape index (κ1) is 18.6. The summed E-state index contributed by atoms with van der Waals surface area (Å²) >= 11 is 0.766. The van der Waals surface area contributed by atoms with E-state index in [1.807, 2.05) is 13.8 Å². The molecule has 1 fully saturated rings. The van der Waals surface area contributed by atoms with Crippen molar-refractivity contribution in [2.75, 3.05) is 11.1 Å². The van der Waals surface area contributed by atoms with Gasteiger partial charge in [-0.15, -0.1) is 0 Å². The molecule has 11 nitrogen and oxygen atoms in total. The van der Waals surface area contributed by atoms with E-state index in [2.05, 4.69) is 20.3 Å². The SMILES string of the molecule is CC(C)Nc1nc(N)nc(S[C@@H]2O[C@H](C(=O)O)[C@@H](O)[C@H](O)[C@H]2O)n1. The Morgan fingerprint density at radius 2 is 1.88 bits per heavy atom. The van der Waals surface area contributed by atoms with Gasteiger partial charge < -0.3 is 36.2 Å². The van der Waals surface area contributed by atoms with E-state index in [0.29, 0.717) is 0 Å². The first-order valence-corrected chi connectivity index (χ1v) is 7.94. The van der Waals surface area contributed by atoms with Crippen molar-refractivity contribution in [2.45, 2.75) is 54.9 Å². The predicted molar refractivity (Wildman–Crippen MR) is 83.2 cm³/mol. The second-order valence-electron chi connectivity index (χ2n) is 5.45. The van der Waals surface area contributed by atoms with Crippen LogP contribution in [-0.4, -0.2) is 77.2 Å². The number of hydrogen-bond acceptors (Lipinski definition) is 11. The van der Waals surface area contributed by atoms with Gasteiger partial charge in [0.25, 0.3) is 0 Å². The summed E-state index contributed by atoms with van der Waals surface area (Å²) < 4.78 is 5.15. The Kier molecular flexibility index (Phi) is 5.77. The first-order chi connectivity index (χ1) is 11.2. The highest BCUT2D eigenvalue weighted by Gasteiger charge is 2.47. The fourth-order valence-electron chi connectivity index (χ4n) is 2.00. The van der Waals surface area contributed by atoms with Crippen LogP contribution in [0.25, 0.3) is 0 Å². The van der Waals surface area contributed by atoms with Gasteiger partial charge in [-0.05, 0) is 13.8 Å². The van der Waals surface area contributed by atoms with Crippen molar-refractivity contribution >= 4 is 29.6 Å². The summed E-state index contributed by atoms with van der Waals surface area (Å²) in [7, 11) is 0. The lowest BCUT2D eigenvalue weighted by Crippen LogP contribution is -2.58. The van der Waals surface area contributed by atoms with Gasteiger partial charge in [-0.25, -0.2) is 4.79 Å². The number of aromatic nitrogens is 3. The third-order valence-corrected chi connectivity index (χ3v) is 4.10. The largest absolute Gasteiger partial charge is 0.479 e. The fraction of sp³-hybridized carbons (Fsp3) is 0.667. The summed E-state index contributed by atoms with van der Waals surface area (Å²) in [5, 5.41) is 41.5. The van der Waals surface area contributed by atoms with Crippen LogP contribution in [0, 0.1) is 0 Å². The number of nitrogens with one attached hydrogen (secondary N) is 1. The molecule has 1 aromatic heterocycles. The number of thioether (sulfide) groups is 1. The molecule has 5 atom stereocenters. The quantitative estimate of drug-likeness (QED) is 0.348. The molecular formula is C12H19N5O6S. The van der Waals surface area contributed by atoms with Crippen molar-refractivity contribution in [1.29, 1.82) is 0 Å². The Morgan fingerprint density at radius 3 is 2.46 bits per heavy atom. The molecule has 1 aromatic rings. The lowest BCUT2D eigenvalue weighted by molar-refractivity contribution is -0.209. The molecule has 134 valence electrons. The van der Waals surface area contributed by atoms with Gasteiger partial charge in [-0.2, -0.15) is 15.0 Å². The molecule has 0 bridgehead atoms. The van der Waals surface area contributed by atoms with Crippen LogP contribution in [0.4, 0.5) is 11.9 Å². The topological polar surface area (TPSA) is 184 Å². The molecule has 0 aromatic carbocycles. The highest BCUT2D eigenvalue weighted by molar-refractivity contribution is 7.99. The number of carboxylic acid groups (broad SMARTS) is 1. The van der Waals surface area contributed by atoms with Crippen LogP contribution in [0.15, 0.2) is 5.16 Å². The number of hydrogen-bond donors (Lipinski definition) is 6.